The van der Waals surface area contributed by atoms with Gasteiger partial charge in [0.25, 0.3) is 0 Å². The van der Waals surface area contributed by atoms with Crippen LogP contribution in [0.3, 0.4) is 0 Å². The number of aliphatic imine (C=N–C) groups is 1. The Hall–Kier alpha value is -1.27. The number of nitrogens with one attached hydrogen (secondary N) is 2. The van der Waals surface area contributed by atoms with Crippen LogP contribution in [0.4, 0.5) is 0 Å². The minimum Gasteiger partial charge on any atom is -0.462 e. The van der Waals surface area contributed by atoms with E-state index in [-0.39, 0.29) is 36.0 Å². The van der Waals surface area contributed by atoms with Crippen LogP contribution in [-0.4, -0.2) is 35.6 Å². The lowest BCUT2D eigenvalue weighted by atomic mass is 10.3. The Morgan fingerprint density at radius 3 is 2.69 bits per heavy atom. The Balaban J connectivity index is 0.00000338. The maximum atomic E-state index is 11.9. The Bertz CT molecular complexity index is 760. The molecule has 0 spiro atoms. The van der Waals surface area contributed by atoms with Gasteiger partial charge in [0.1, 0.15) is 14.9 Å². The van der Waals surface area contributed by atoms with Crippen LogP contribution < -0.4 is 10.6 Å². The molecular weight excluding hydrogens is 485 g/mol. The lowest BCUT2D eigenvalue weighted by Gasteiger charge is -2.15. The lowest BCUT2D eigenvalue weighted by molar-refractivity contribution is 0.0531. The molecule has 0 aliphatic rings. The largest absolute Gasteiger partial charge is 0.462 e. The molecule has 0 radical (unpaired) electrons. The van der Waals surface area contributed by atoms with E-state index in [0.717, 1.165) is 10.0 Å². The third-order valence-corrected chi connectivity index (χ3v) is 5.53. The Kier molecular flexibility index (Phi) is 9.44. The number of carbonyl (C=O) groups excluding carboxylic acids is 1. The summed E-state index contributed by atoms with van der Waals surface area (Å²) in [6.45, 7) is 8.58. The van der Waals surface area contributed by atoms with Gasteiger partial charge in [0.15, 0.2) is 5.96 Å². The van der Waals surface area contributed by atoms with Gasteiger partial charge in [-0.15, -0.1) is 46.7 Å². The van der Waals surface area contributed by atoms with Gasteiger partial charge in [-0.05, 0) is 27.7 Å². The lowest BCUT2D eigenvalue weighted by Crippen LogP contribution is -2.38. The first-order valence-corrected chi connectivity index (χ1v) is 9.60. The third-order valence-electron chi connectivity index (χ3n) is 3.30. The Morgan fingerprint density at radius 1 is 1.38 bits per heavy atom. The van der Waals surface area contributed by atoms with Crippen LogP contribution in [0.2, 0.25) is 0 Å². The first-order valence-electron chi connectivity index (χ1n) is 7.97. The summed E-state index contributed by atoms with van der Waals surface area (Å²) < 4.78 is 5.06. The fourth-order valence-electron chi connectivity index (χ4n) is 2.09. The quantitative estimate of drug-likeness (QED) is 0.269. The molecular formula is C16H24IN5O2S2. The summed E-state index contributed by atoms with van der Waals surface area (Å²) in [5.41, 5.74) is 0.688. The number of hydrogen-bond donors (Lipinski definition) is 2. The summed E-state index contributed by atoms with van der Waals surface area (Å²) in [7, 11) is 1.71. The summed E-state index contributed by atoms with van der Waals surface area (Å²) in [6.07, 6.45) is 1.86. The van der Waals surface area contributed by atoms with Gasteiger partial charge in [0, 0.05) is 18.1 Å². The number of guanidine groups is 1. The van der Waals surface area contributed by atoms with Crippen LogP contribution in [-0.2, 0) is 11.3 Å². The molecule has 2 aromatic rings. The molecule has 0 bridgehead atoms. The zero-order valence-electron chi connectivity index (χ0n) is 15.5. The van der Waals surface area contributed by atoms with E-state index in [1.807, 2.05) is 27.0 Å². The zero-order valence-corrected chi connectivity index (χ0v) is 19.4. The number of thiazole rings is 2. The van der Waals surface area contributed by atoms with Crippen LogP contribution in [0.1, 0.15) is 50.1 Å². The van der Waals surface area contributed by atoms with Crippen LogP contribution in [0.25, 0.3) is 0 Å². The second kappa shape index (κ2) is 10.8. The van der Waals surface area contributed by atoms with Gasteiger partial charge < -0.3 is 15.4 Å². The number of aromatic nitrogens is 2. The van der Waals surface area contributed by atoms with E-state index in [0.29, 0.717) is 29.7 Å². The number of ether oxygens (including phenoxy) is 1. The van der Waals surface area contributed by atoms with Crippen LogP contribution in [0.5, 0.6) is 0 Å². The predicted octanol–water partition coefficient (Wildman–Crippen LogP) is 3.44. The van der Waals surface area contributed by atoms with Gasteiger partial charge in [-0.1, -0.05) is 0 Å². The maximum Gasteiger partial charge on any atom is 0.350 e. The molecule has 0 amide bonds. The van der Waals surface area contributed by atoms with Crippen LogP contribution in [0, 0.1) is 13.8 Å². The molecule has 2 N–H and O–H groups in total. The number of rotatable bonds is 6. The predicted molar refractivity (Wildman–Crippen MR) is 117 cm³/mol. The smallest absolute Gasteiger partial charge is 0.350 e. The molecule has 1 atom stereocenters. The standard InChI is InChI=1S/C16H23N5O2S2.HI/c1-6-23-15(22)13-10(3)20-14(25-13)11(4)21-16(17-5)19-8-12-18-7-9(2)24-12;/h7,11H,6,8H2,1-5H3,(H2,17,19,21);1H. The third kappa shape index (κ3) is 6.16. The van der Waals surface area contributed by atoms with Crippen molar-refractivity contribution in [2.45, 2.75) is 40.3 Å². The Labute approximate surface area is 178 Å². The molecule has 26 heavy (non-hydrogen) atoms. The minimum absolute atomic E-state index is 0. The highest BCUT2D eigenvalue weighted by atomic mass is 127. The van der Waals surface area contributed by atoms with Crippen molar-refractivity contribution in [2.75, 3.05) is 13.7 Å². The molecule has 2 rings (SSSR count). The van der Waals surface area contributed by atoms with E-state index in [1.54, 1.807) is 25.3 Å². The molecule has 144 valence electrons. The number of hydrogen-bond acceptors (Lipinski definition) is 7. The monoisotopic (exact) mass is 509 g/mol. The van der Waals surface area contributed by atoms with Crippen molar-refractivity contribution in [3.05, 3.63) is 31.7 Å². The number of carbonyl (C=O) groups is 1. The fourth-order valence-corrected chi connectivity index (χ4v) is 3.78. The van der Waals surface area contributed by atoms with Crippen molar-refractivity contribution in [1.82, 2.24) is 20.6 Å². The van der Waals surface area contributed by atoms with Crippen molar-refractivity contribution in [3.63, 3.8) is 0 Å². The average Bonchev–Trinajstić information content (AvgIpc) is 3.17. The molecule has 2 heterocycles. The summed E-state index contributed by atoms with van der Waals surface area (Å²) in [5, 5.41) is 8.34. The molecule has 10 heteroatoms. The van der Waals surface area contributed by atoms with Crippen molar-refractivity contribution in [1.29, 1.82) is 0 Å². The summed E-state index contributed by atoms with van der Waals surface area (Å²) in [4.78, 5) is 26.7. The van der Waals surface area contributed by atoms with Crippen LogP contribution >= 0.6 is 46.7 Å². The second-order valence-electron chi connectivity index (χ2n) is 5.34. The second-order valence-corrected chi connectivity index (χ2v) is 7.69. The molecule has 0 fully saturated rings. The first kappa shape index (κ1) is 22.8. The summed E-state index contributed by atoms with van der Waals surface area (Å²) in [6, 6.07) is -0.0869. The highest BCUT2D eigenvalue weighted by molar-refractivity contribution is 14.0. The van der Waals surface area contributed by atoms with E-state index in [2.05, 4.69) is 25.6 Å². The highest BCUT2D eigenvalue weighted by Crippen LogP contribution is 2.24. The van der Waals surface area contributed by atoms with Gasteiger partial charge in [0.2, 0.25) is 0 Å². The van der Waals surface area contributed by atoms with Gasteiger partial charge in [-0.25, -0.2) is 14.8 Å². The summed E-state index contributed by atoms with van der Waals surface area (Å²) >= 11 is 3.00. The van der Waals surface area contributed by atoms with Crippen molar-refractivity contribution >= 4 is 58.6 Å². The van der Waals surface area contributed by atoms with Crippen molar-refractivity contribution in [3.8, 4) is 0 Å². The van der Waals surface area contributed by atoms with Crippen molar-refractivity contribution in [2.24, 2.45) is 4.99 Å². The first-order chi connectivity index (χ1) is 11.9. The molecule has 7 nitrogen and oxygen atoms in total. The molecule has 0 aliphatic carbocycles. The van der Waals surface area contributed by atoms with Gasteiger partial charge in [-0.3, -0.25) is 4.99 Å². The minimum atomic E-state index is -0.322. The number of aryl methyl sites for hydroxylation is 2. The SMILES string of the molecule is CCOC(=O)c1sc(C(C)NC(=NC)NCc2ncc(C)s2)nc1C.I. The maximum absolute atomic E-state index is 11.9. The Morgan fingerprint density at radius 2 is 2.12 bits per heavy atom. The molecule has 0 saturated carbocycles. The van der Waals surface area contributed by atoms with Crippen LogP contribution in [0.15, 0.2) is 11.2 Å². The molecule has 0 aromatic carbocycles. The topological polar surface area (TPSA) is 88.5 Å². The van der Waals surface area contributed by atoms with E-state index < -0.39 is 0 Å². The highest BCUT2D eigenvalue weighted by Gasteiger charge is 2.20. The molecule has 1 unspecified atom stereocenters. The molecule has 2 aromatic heterocycles. The number of halogens is 1. The summed E-state index contributed by atoms with van der Waals surface area (Å²) in [5.74, 6) is 0.337. The van der Waals surface area contributed by atoms with Gasteiger partial charge >= 0.3 is 5.97 Å². The molecule has 0 aliphatic heterocycles. The van der Waals surface area contributed by atoms with E-state index >= 15 is 0 Å². The van der Waals surface area contributed by atoms with E-state index in [9.17, 15) is 4.79 Å². The van der Waals surface area contributed by atoms with Crippen molar-refractivity contribution < 1.29 is 9.53 Å². The number of nitrogens with zero attached hydrogens (tertiary/aromatic N) is 3. The zero-order chi connectivity index (χ0) is 18.4. The fraction of sp³-hybridized carbons (Fsp3) is 0.500. The average molecular weight is 509 g/mol. The van der Waals surface area contributed by atoms with Gasteiger partial charge in [-0.2, -0.15) is 0 Å². The molecule has 0 saturated heterocycles. The van der Waals surface area contributed by atoms with Gasteiger partial charge in [0.05, 0.1) is 24.9 Å². The van der Waals surface area contributed by atoms with E-state index in [1.165, 1.54) is 16.2 Å². The normalized spacial score (nSPS) is 12.3. The number of esters is 1. The van der Waals surface area contributed by atoms with E-state index in [4.69, 9.17) is 4.74 Å².